The van der Waals surface area contributed by atoms with Crippen LogP contribution in [0.2, 0.25) is 0 Å². The lowest BCUT2D eigenvalue weighted by molar-refractivity contribution is -0.115. The number of fused-ring (bicyclic) bond motifs is 1. The highest BCUT2D eigenvalue weighted by molar-refractivity contribution is 5.95. The molecule has 4 aromatic rings. The fourth-order valence-corrected chi connectivity index (χ4v) is 3.00. The molecule has 0 spiro atoms. The number of anilines is 1. The highest BCUT2D eigenvalue weighted by Gasteiger charge is 2.14. The lowest BCUT2D eigenvalue weighted by Crippen LogP contribution is -2.17. The van der Waals surface area contributed by atoms with E-state index in [1.165, 1.54) is 5.56 Å². The third-order valence-electron chi connectivity index (χ3n) is 4.56. The highest BCUT2D eigenvalue weighted by atomic mass is 16.3. The van der Waals surface area contributed by atoms with E-state index in [4.69, 9.17) is 8.83 Å². The van der Waals surface area contributed by atoms with E-state index in [0.29, 0.717) is 12.4 Å². The van der Waals surface area contributed by atoms with Crippen molar-refractivity contribution in [3.63, 3.8) is 0 Å². The number of carbonyl (C=O) groups is 1. The molecule has 1 amide bonds. The summed E-state index contributed by atoms with van der Waals surface area (Å²) in [5.74, 6) is 1.29. The van der Waals surface area contributed by atoms with Crippen LogP contribution in [0.5, 0.6) is 0 Å². The number of rotatable bonds is 5. The molecule has 3 aromatic heterocycles. The van der Waals surface area contributed by atoms with E-state index in [1.54, 1.807) is 29.5 Å². The summed E-state index contributed by atoms with van der Waals surface area (Å²) in [7, 11) is 0. The first kappa shape index (κ1) is 16.2. The van der Waals surface area contributed by atoms with Crippen LogP contribution in [0.1, 0.15) is 22.5 Å². The number of furan rings is 2. The van der Waals surface area contributed by atoms with Crippen LogP contribution < -0.4 is 5.32 Å². The van der Waals surface area contributed by atoms with E-state index < -0.39 is 0 Å². The molecule has 0 bridgehead atoms. The zero-order valence-corrected chi connectivity index (χ0v) is 14.7. The van der Waals surface area contributed by atoms with E-state index >= 15 is 0 Å². The third-order valence-corrected chi connectivity index (χ3v) is 4.56. The Bertz CT molecular complexity index is 1060. The van der Waals surface area contributed by atoms with Crippen molar-refractivity contribution < 1.29 is 13.6 Å². The van der Waals surface area contributed by atoms with Crippen LogP contribution in [0, 0.1) is 13.8 Å². The van der Waals surface area contributed by atoms with Crippen molar-refractivity contribution in [3.05, 3.63) is 71.5 Å². The lowest BCUT2D eigenvalue weighted by Gasteiger charge is -2.07. The summed E-state index contributed by atoms with van der Waals surface area (Å²) in [4.78, 5) is 12.5. The average Bonchev–Trinajstić information content (AvgIpc) is 3.35. The SMILES string of the molecule is Cc1ccc2c(CC(=O)Nc3ccnn3Cc3ccco3)coc2c1C. The van der Waals surface area contributed by atoms with Crippen molar-refractivity contribution in [2.24, 2.45) is 0 Å². The number of aryl methyl sites for hydroxylation is 2. The van der Waals surface area contributed by atoms with Gasteiger partial charge in [0.2, 0.25) is 5.91 Å². The van der Waals surface area contributed by atoms with Crippen molar-refractivity contribution in [2.45, 2.75) is 26.8 Å². The third kappa shape index (κ3) is 3.01. The Hall–Kier alpha value is -3.28. The summed E-state index contributed by atoms with van der Waals surface area (Å²) >= 11 is 0. The van der Waals surface area contributed by atoms with Gasteiger partial charge in [0.15, 0.2) is 0 Å². The molecule has 1 aromatic carbocycles. The van der Waals surface area contributed by atoms with Gasteiger partial charge in [0.05, 0.1) is 25.1 Å². The molecule has 6 heteroatoms. The Balaban J connectivity index is 1.50. The molecule has 0 radical (unpaired) electrons. The van der Waals surface area contributed by atoms with E-state index in [0.717, 1.165) is 27.9 Å². The number of aromatic nitrogens is 2. The van der Waals surface area contributed by atoms with Gasteiger partial charge in [-0.15, -0.1) is 0 Å². The smallest absolute Gasteiger partial charge is 0.230 e. The number of amides is 1. The van der Waals surface area contributed by atoms with Crippen LogP contribution in [0.25, 0.3) is 11.0 Å². The Kier molecular flexibility index (Phi) is 4.08. The van der Waals surface area contributed by atoms with Crippen LogP contribution >= 0.6 is 0 Å². The van der Waals surface area contributed by atoms with Gasteiger partial charge in [-0.05, 0) is 37.1 Å². The molecular weight excluding hydrogens is 330 g/mol. The van der Waals surface area contributed by atoms with E-state index in [1.807, 2.05) is 38.1 Å². The predicted octanol–water partition coefficient (Wildman–Crippen LogP) is 4.07. The van der Waals surface area contributed by atoms with E-state index in [-0.39, 0.29) is 12.3 Å². The fraction of sp³-hybridized carbons (Fsp3) is 0.200. The Morgan fingerprint density at radius 2 is 2.08 bits per heavy atom. The summed E-state index contributed by atoms with van der Waals surface area (Å²) in [5.41, 5.74) is 3.99. The molecule has 0 saturated heterocycles. The van der Waals surface area contributed by atoms with Gasteiger partial charge in [-0.2, -0.15) is 5.10 Å². The fourth-order valence-electron chi connectivity index (χ4n) is 3.00. The normalized spacial score (nSPS) is 11.2. The van der Waals surface area contributed by atoms with E-state index in [2.05, 4.69) is 10.4 Å². The molecule has 0 aliphatic carbocycles. The monoisotopic (exact) mass is 349 g/mol. The highest BCUT2D eigenvalue weighted by Crippen LogP contribution is 2.27. The van der Waals surface area contributed by atoms with Crippen molar-refractivity contribution in [1.82, 2.24) is 9.78 Å². The second-order valence-electron chi connectivity index (χ2n) is 6.32. The minimum Gasteiger partial charge on any atom is -0.467 e. The van der Waals surface area contributed by atoms with Gasteiger partial charge in [-0.25, -0.2) is 4.68 Å². The maximum atomic E-state index is 12.5. The van der Waals surface area contributed by atoms with Crippen molar-refractivity contribution in [3.8, 4) is 0 Å². The topological polar surface area (TPSA) is 73.2 Å². The molecule has 0 saturated carbocycles. The van der Waals surface area contributed by atoms with Gasteiger partial charge < -0.3 is 14.2 Å². The predicted molar refractivity (Wildman–Crippen MR) is 98.1 cm³/mol. The van der Waals surface area contributed by atoms with Gasteiger partial charge >= 0.3 is 0 Å². The molecule has 26 heavy (non-hydrogen) atoms. The molecule has 6 nitrogen and oxygen atoms in total. The van der Waals surface area contributed by atoms with Crippen molar-refractivity contribution >= 4 is 22.7 Å². The minimum atomic E-state index is -0.118. The first-order chi connectivity index (χ1) is 12.6. The first-order valence-electron chi connectivity index (χ1n) is 8.42. The Morgan fingerprint density at radius 1 is 1.19 bits per heavy atom. The van der Waals surface area contributed by atoms with Crippen molar-refractivity contribution in [2.75, 3.05) is 5.32 Å². The second-order valence-corrected chi connectivity index (χ2v) is 6.32. The average molecular weight is 349 g/mol. The maximum Gasteiger partial charge on any atom is 0.230 e. The van der Waals surface area contributed by atoms with E-state index in [9.17, 15) is 4.79 Å². The van der Waals surface area contributed by atoms with Crippen LogP contribution in [-0.2, 0) is 17.8 Å². The van der Waals surface area contributed by atoms with Gasteiger partial charge in [0, 0.05) is 17.0 Å². The summed E-state index contributed by atoms with van der Waals surface area (Å²) in [5, 5.41) is 8.12. The zero-order valence-electron chi connectivity index (χ0n) is 14.7. The van der Waals surface area contributed by atoms with Gasteiger partial charge in [-0.1, -0.05) is 12.1 Å². The summed E-state index contributed by atoms with van der Waals surface area (Å²) in [6.45, 7) is 4.53. The Labute approximate surface area is 150 Å². The standard InChI is InChI=1S/C20H19N3O3/c1-13-5-6-17-15(12-26-20(17)14(13)2)10-19(24)22-18-7-8-21-23(18)11-16-4-3-9-25-16/h3-9,12H,10-11H2,1-2H3,(H,22,24). The summed E-state index contributed by atoms with van der Waals surface area (Å²) in [6, 6.07) is 9.51. The number of nitrogens with one attached hydrogen (secondary N) is 1. The molecular formula is C20H19N3O3. The first-order valence-corrected chi connectivity index (χ1v) is 8.42. The number of hydrogen-bond acceptors (Lipinski definition) is 4. The molecule has 0 aliphatic heterocycles. The van der Waals surface area contributed by atoms with Crippen molar-refractivity contribution in [1.29, 1.82) is 0 Å². The van der Waals surface area contributed by atoms with Crippen LogP contribution in [0.4, 0.5) is 5.82 Å². The number of carbonyl (C=O) groups excluding carboxylic acids is 1. The van der Waals surface area contributed by atoms with Crippen LogP contribution in [0.3, 0.4) is 0 Å². The van der Waals surface area contributed by atoms with Gasteiger partial charge in [0.1, 0.15) is 23.7 Å². The number of nitrogens with zero attached hydrogens (tertiary/aromatic N) is 2. The molecule has 132 valence electrons. The number of hydrogen-bond donors (Lipinski definition) is 1. The summed E-state index contributed by atoms with van der Waals surface area (Å²) in [6.07, 6.45) is 5.17. The molecule has 0 fully saturated rings. The zero-order chi connectivity index (χ0) is 18.1. The number of benzene rings is 1. The molecule has 1 N–H and O–H groups in total. The second kappa shape index (κ2) is 6.55. The maximum absolute atomic E-state index is 12.5. The van der Waals surface area contributed by atoms with Crippen LogP contribution in [-0.4, -0.2) is 15.7 Å². The molecule has 0 aliphatic rings. The largest absolute Gasteiger partial charge is 0.467 e. The summed E-state index contributed by atoms with van der Waals surface area (Å²) < 4.78 is 12.7. The molecule has 0 atom stereocenters. The van der Waals surface area contributed by atoms with Crippen LogP contribution in [0.15, 0.2) is 57.9 Å². The molecule has 3 heterocycles. The quantitative estimate of drug-likeness (QED) is 0.589. The minimum absolute atomic E-state index is 0.118. The Morgan fingerprint density at radius 3 is 2.88 bits per heavy atom. The molecule has 0 unspecified atom stereocenters. The van der Waals surface area contributed by atoms with Gasteiger partial charge in [0.25, 0.3) is 0 Å². The van der Waals surface area contributed by atoms with Gasteiger partial charge in [-0.3, -0.25) is 4.79 Å². The lowest BCUT2D eigenvalue weighted by atomic mass is 10.0. The molecule has 4 rings (SSSR count).